The number of benzene rings is 2. The fraction of sp³-hybridized carbons (Fsp3) is 0.379. The summed E-state index contributed by atoms with van der Waals surface area (Å²) in [7, 11) is 3.08. The van der Waals surface area contributed by atoms with E-state index in [1.165, 1.54) is 30.4 Å². The summed E-state index contributed by atoms with van der Waals surface area (Å²) in [6, 6.07) is 13.1. The Kier molecular flexibility index (Phi) is 9.32. The van der Waals surface area contributed by atoms with Crippen LogP contribution in [0.1, 0.15) is 48.0 Å². The van der Waals surface area contributed by atoms with Gasteiger partial charge in [0.15, 0.2) is 11.5 Å². The molecule has 0 N–H and O–H groups in total. The topological polar surface area (TPSA) is 72.2 Å². The molecule has 0 aliphatic heterocycles. The molecule has 3 rings (SSSR count). The van der Waals surface area contributed by atoms with Crippen molar-refractivity contribution in [2.24, 2.45) is 0 Å². The van der Waals surface area contributed by atoms with E-state index >= 15 is 0 Å². The molecule has 10 heteroatoms. The number of rotatable bonds is 10. The maximum Gasteiger partial charge on any atom is 0.416 e. The van der Waals surface area contributed by atoms with Crippen LogP contribution in [-0.2, 0) is 23.9 Å². The predicted octanol–water partition coefficient (Wildman–Crippen LogP) is 5.83. The first-order valence-electron chi connectivity index (χ1n) is 12.3. The van der Waals surface area contributed by atoms with E-state index in [1.807, 2.05) is 12.1 Å². The first-order valence-corrected chi connectivity index (χ1v) is 12.3. The van der Waals surface area contributed by atoms with Crippen LogP contribution in [0, 0.1) is 0 Å². The Hall–Kier alpha value is -3.95. The molecule has 210 valence electrons. The molecule has 0 radical (unpaired) electrons. The number of carbonyl (C=O) groups excluding carboxylic acids is 2. The molecule has 0 atom stereocenters. The molecular weight excluding hydrogens is 513 g/mol. The van der Waals surface area contributed by atoms with Crippen LogP contribution in [-0.4, -0.2) is 54.5 Å². The van der Waals surface area contributed by atoms with Gasteiger partial charge in [0, 0.05) is 17.6 Å². The van der Waals surface area contributed by atoms with Gasteiger partial charge >= 0.3 is 6.18 Å². The third kappa shape index (κ3) is 7.78. The summed E-state index contributed by atoms with van der Waals surface area (Å²) >= 11 is 0. The predicted molar refractivity (Wildman–Crippen MR) is 140 cm³/mol. The zero-order chi connectivity index (χ0) is 28.8. The fourth-order valence-electron chi connectivity index (χ4n) is 4.02. The molecule has 0 saturated carbocycles. The lowest BCUT2D eigenvalue weighted by molar-refractivity contribution is -0.137. The highest BCUT2D eigenvalue weighted by Gasteiger charge is 2.34. The third-order valence-electron chi connectivity index (χ3n) is 6.18. The Morgan fingerprint density at radius 1 is 0.923 bits per heavy atom. The van der Waals surface area contributed by atoms with Crippen LogP contribution >= 0.6 is 0 Å². The molecule has 0 unspecified atom stereocenters. The van der Waals surface area contributed by atoms with E-state index < -0.39 is 23.2 Å². The second-order valence-corrected chi connectivity index (χ2v) is 9.97. The summed E-state index contributed by atoms with van der Waals surface area (Å²) in [5.41, 5.74) is -1.02. The van der Waals surface area contributed by atoms with Crippen LogP contribution in [0.25, 0.3) is 0 Å². The van der Waals surface area contributed by atoms with Crippen LogP contribution in [0.2, 0.25) is 0 Å². The molecule has 0 aliphatic carbocycles. The van der Waals surface area contributed by atoms with Gasteiger partial charge in [-0.2, -0.15) is 13.2 Å². The van der Waals surface area contributed by atoms with Gasteiger partial charge < -0.3 is 23.7 Å². The minimum absolute atomic E-state index is 0.143. The number of methoxy groups -OCH3 is 2. The van der Waals surface area contributed by atoms with Crippen molar-refractivity contribution < 1.29 is 36.7 Å². The van der Waals surface area contributed by atoms with Crippen molar-refractivity contribution in [1.29, 1.82) is 0 Å². The molecule has 0 fully saturated rings. The van der Waals surface area contributed by atoms with Crippen molar-refractivity contribution in [2.75, 3.05) is 27.3 Å². The van der Waals surface area contributed by atoms with Gasteiger partial charge in [-0.3, -0.25) is 9.59 Å². The number of ether oxygens (including phenoxy) is 2. The number of furan rings is 1. The second-order valence-electron chi connectivity index (χ2n) is 9.97. The number of hydrogen-bond acceptors (Lipinski definition) is 5. The van der Waals surface area contributed by atoms with Crippen LogP contribution in [0.5, 0.6) is 11.5 Å². The Bertz CT molecular complexity index is 1270. The van der Waals surface area contributed by atoms with E-state index in [0.717, 1.165) is 17.7 Å². The summed E-state index contributed by atoms with van der Waals surface area (Å²) in [4.78, 5) is 29.8. The van der Waals surface area contributed by atoms with E-state index in [4.69, 9.17) is 13.9 Å². The Morgan fingerprint density at radius 2 is 1.64 bits per heavy atom. The quantitative estimate of drug-likeness (QED) is 0.320. The fourth-order valence-corrected chi connectivity index (χ4v) is 4.02. The summed E-state index contributed by atoms with van der Waals surface area (Å²) < 4.78 is 55.9. The van der Waals surface area contributed by atoms with Gasteiger partial charge in [0.2, 0.25) is 5.91 Å². The molecule has 1 heterocycles. The van der Waals surface area contributed by atoms with Crippen molar-refractivity contribution in [3.05, 3.63) is 83.3 Å². The number of nitrogens with zero attached hydrogens (tertiary/aromatic N) is 2. The first-order chi connectivity index (χ1) is 18.3. The van der Waals surface area contributed by atoms with Crippen LogP contribution < -0.4 is 9.47 Å². The number of alkyl halides is 3. The molecule has 2 amide bonds. The van der Waals surface area contributed by atoms with E-state index in [0.29, 0.717) is 30.2 Å². The maximum absolute atomic E-state index is 13.6. The van der Waals surface area contributed by atoms with E-state index in [9.17, 15) is 22.8 Å². The SMILES string of the molecule is COc1ccc(CCN(Cc2ccco2)C(=O)CN(C(=O)c2cccc(C(F)(F)F)c2)C(C)(C)C)cc1OC. The van der Waals surface area contributed by atoms with E-state index in [1.54, 1.807) is 51.0 Å². The molecule has 7 nitrogen and oxygen atoms in total. The summed E-state index contributed by atoms with van der Waals surface area (Å²) in [6.07, 6.45) is -2.61. The monoisotopic (exact) mass is 546 g/mol. The van der Waals surface area contributed by atoms with Gasteiger partial charge in [-0.25, -0.2) is 0 Å². The summed E-state index contributed by atoms with van der Waals surface area (Å²) in [6.45, 7) is 5.32. The highest BCUT2D eigenvalue weighted by molar-refractivity contribution is 5.97. The average Bonchev–Trinajstić information content (AvgIpc) is 3.41. The zero-order valence-corrected chi connectivity index (χ0v) is 22.7. The lowest BCUT2D eigenvalue weighted by atomic mass is 10.0. The summed E-state index contributed by atoms with van der Waals surface area (Å²) in [5.74, 6) is 0.660. The van der Waals surface area contributed by atoms with Crippen molar-refractivity contribution in [2.45, 2.75) is 45.5 Å². The van der Waals surface area contributed by atoms with Gasteiger partial charge in [-0.15, -0.1) is 0 Å². The normalized spacial score (nSPS) is 11.7. The number of halogens is 3. The number of amides is 2. The minimum atomic E-state index is -4.59. The molecular formula is C29H33F3N2O5. The van der Waals surface area contributed by atoms with Crippen molar-refractivity contribution in [3.8, 4) is 11.5 Å². The Labute approximate surface area is 226 Å². The molecule has 0 aliphatic rings. The number of hydrogen-bond donors (Lipinski definition) is 0. The van der Waals surface area contributed by atoms with E-state index in [2.05, 4.69) is 0 Å². The second kappa shape index (κ2) is 12.3. The van der Waals surface area contributed by atoms with Gasteiger partial charge in [0.25, 0.3) is 5.91 Å². The highest BCUT2D eigenvalue weighted by Crippen LogP contribution is 2.31. The van der Waals surface area contributed by atoms with Crippen LogP contribution in [0.4, 0.5) is 13.2 Å². The minimum Gasteiger partial charge on any atom is -0.493 e. The van der Waals surface area contributed by atoms with Gasteiger partial charge in [-0.05, 0) is 75.2 Å². The Balaban J connectivity index is 1.84. The highest BCUT2D eigenvalue weighted by atomic mass is 19.4. The summed E-state index contributed by atoms with van der Waals surface area (Å²) in [5, 5.41) is 0. The molecule has 1 aromatic heterocycles. The molecule has 0 saturated heterocycles. The average molecular weight is 547 g/mol. The third-order valence-corrected chi connectivity index (χ3v) is 6.18. The molecule has 2 aromatic carbocycles. The molecule has 0 spiro atoms. The standard InChI is InChI=1S/C29H33F3N2O5/c1-28(2,3)34(27(36)21-8-6-9-22(17-21)29(30,31)32)19-26(35)33(18-23-10-7-15-39-23)14-13-20-11-12-24(37-4)25(16-20)38-5/h6-12,15-17H,13-14,18-19H2,1-5H3. The van der Waals surface area contributed by atoms with Crippen molar-refractivity contribution in [1.82, 2.24) is 9.80 Å². The Morgan fingerprint density at radius 3 is 2.23 bits per heavy atom. The van der Waals surface area contributed by atoms with Crippen molar-refractivity contribution in [3.63, 3.8) is 0 Å². The van der Waals surface area contributed by atoms with Crippen molar-refractivity contribution >= 4 is 11.8 Å². The van der Waals surface area contributed by atoms with Crippen LogP contribution in [0.15, 0.2) is 65.3 Å². The maximum atomic E-state index is 13.6. The van der Waals surface area contributed by atoms with Gasteiger partial charge in [0.05, 0.1) is 32.6 Å². The molecule has 0 bridgehead atoms. The first kappa shape index (κ1) is 29.6. The van der Waals surface area contributed by atoms with Gasteiger partial charge in [-0.1, -0.05) is 12.1 Å². The largest absolute Gasteiger partial charge is 0.493 e. The number of carbonyl (C=O) groups is 2. The van der Waals surface area contributed by atoms with E-state index in [-0.39, 0.29) is 24.6 Å². The smallest absolute Gasteiger partial charge is 0.416 e. The molecule has 39 heavy (non-hydrogen) atoms. The van der Waals surface area contributed by atoms with Gasteiger partial charge in [0.1, 0.15) is 12.3 Å². The zero-order valence-electron chi connectivity index (χ0n) is 22.7. The lowest BCUT2D eigenvalue weighted by Gasteiger charge is -2.37. The molecule has 3 aromatic rings. The van der Waals surface area contributed by atoms with Crippen LogP contribution in [0.3, 0.4) is 0 Å². The lowest BCUT2D eigenvalue weighted by Crippen LogP contribution is -2.51.